The second kappa shape index (κ2) is 5.71. The summed E-state index contributed by atoms with van der Waals surface area (Å²) in [6, 6.07) is 18.3. The highest BCUT2D eigenvalue weighted by Gasteiger charge is 1.88. The molecule has 1 heteroatoms. The first-order valence-electron chi connectivity index (χ1n) is 5.59. The van der Waals surface area contributed by atoms with Crippen molar-refractivity contribution >= 4 is 17.8 Å². The minimum atomic E-state index is 1.07. The van der Waals surface area contributed by atoms with Gasteiger partial charge >= 0.3 is 0 Å². The molecule has 1 nitrogen and oxygen atoms in total. The summed E-state index contributed by atoms with van der Waals surface area (Å²) in [5, 5.41) is 3.23. The molecular weight excluding hydrogens is 206 g/mol. The van der Waals surface area contributed by atoms with Crippen LogP contribution >= 0.6 is 0 Å². The topological polar surface area (TPSA) is 12.0 Å². The van der Waals surface area contributed by atoms with Crippen LogP contribution in [0.5, 0.6) is 0 Å². The van der Waals surface area contributed by atoms with Gasteiger partial charge in [-0.2, -0.15) is 0 Å². The molecule has 0 aliphatic rings. The summed E-state index contributed by atoms with van der Waals surface area (Å²) in [6.07, 6.45) is 5.82. The predicted molar refractivity (Wildman–Crippen MR) is 75.6 cm³/mol. The Labute approximate surface area is 102 Å². The predicted octanol–water partition coefficient (Wildman–Crippen LogP) is 4.41. The van der Waals surface area contributed by atoms with Gasteiger partial charge in [0.25, 0.3) is 0 Å². The molecule has 0 bridgehead atoms. The molecule has 0 unspecified atom stereocenters. The zero-order chi connectivity index (χ0) is 11.9. The van der Waals surface area contributed by atoms with Crippen molar-refractivity contribution in [2.24, 2.45) is 0 Å². The third kappa shape index (κ3) is 3.35. The van der Waals surface area contributed by atoms with E-state index in [1.165, 1.54) is 5.56 Å². The van der Waals surface area contributed by atoms with Crippen LogP contribution in [-0.4, -0.2) is 0 Å². The molecule has 17 heavy (non-hydrogen) atoms. The molecule has 0 saturated heterocycles. The summed E-state index contributed by atoms with van der Waals surface area (Å²) < 4.78 is 0. The third-order valence-electron chi connectivity index (χ3n) is 2.47. The van der Waals surface area contributed by atoms with E-state index in [0.717, 1.165) is 11.3 Å². The van der Waals surface area contributed by atoms with Gasteiger partial charge in [0.2, 0.25) is 0 Å². The fourth-order valence-corrected chi connectivity index (χ4v) is 1.51. The first kappa shape index (κ1) is 11.2. The number of hydrogen-bond donors (Lipinski definition) is 1. The Morgan fingerprint density at radius 1 is 0.824 bits per heavy atom. The normalized spacial score (nSPS) is 10.4. The molecule has 2 rings (SSSR count). The van der Waals surface area contributed by atoms with Crippen LogP contribution in [0.2, 0.25) is 0 Å². The van der Waals surface area contributed by atoms with Gasteiger partial charge in [-0.05, 0) is 29.3 Å². The van der Waals surface area contributed by atoms with Gasteiger partial charge < -0.3 is 5.32 Å². The first-order valence-corrected chi connectivity index (χ1v) is 5.59. The highest BCUT2D eigenvalue weighted by Crippen LogP contribution is 2.10. The van der Waals surface area contributed by atoms with Crippen molar-refractivity contribution in [1.82, 2.24) is 0 Å². The van der Waals surface area contributed by atoms with Gasteiger partial charge in [0.05, 0.1) is 0 Å². The molecule has 84 valence electrons. The molecule has 0 fully saturated rings. The van der Waals surface area contributed by atoms with Crippen LogP contribution in [0.3, 0.4) is 0 Å². The first-order chi connectivity index (χ1) is 8.38. The van der Waals surface area contributed by atoms with Crippen molar-refractivity contribution < 1.29 is 0 Å². The second-order valence-corrected chi connectivity index (χ2v) is 3.71. The summed E-state index contributed by atoms with van der Waals surface area (Å²) in [4.78, 5) is 0. The van der Waals surface area contributed by atoms with E-state index in [1.807, 2.05) is 60.8 Å². The Hall–Kier alpha value is -2.28. The summed E-state index contributed by atoms with van der Waals surface area (Å²) in [7, 11) is 0. The van der Waals surface area contributed by atoms with Crippen molar-refractivity contribution in [3.8, 4) is 0 Å². The molecule has 0 amide bonds. The molecule has 0 radical (unpaired) electrons. The average molecular weight is 221 g/mol. The van der Waals surface area contributed by atoms with Crippen LogP contribution in [0.25, 0.3) is 12.2 Å². The lowest BCUT2D eigenvalue weighted by molar-refractivity contribution is 1.57. The van der Waals surface area contributed by atoms with E-state index in [4.69, 9.17) is 0 Å². The van der Waals surface area contributed by atoms with Gasteiger partial charge in [-0.1, -0.05) is 55.1 Å². The Morgan fingerprint density at radius 3 is 2.18 bits per heavy atom. The van der Waals surface area contributed by atoms with Crippen LogP contribution in [0.1, 0.15) is 11.1 Å². The quantitative estimate of drug-likeness (QED) is 0.806. The van der Waals surface area contributed by atoms with Crippen LogP contribution in [0.15, 0.2) is 67.4 Å². The van der Waals surface area contributed by atoms with Crippen molar-refractivity contribution in [3.63, 3.8) is 0 Å². The van der Waals surface area contributed by atoms with Crippen LogP contribution in [-0.2, 0) is 0 Å². The maximum absolute atomic E-state index is 3.73. The van der Waals surface area contributed by atoms with Gasteiger partial charge in [-0.3, -0.25) is 0 Å². The van der Waals surface area contributed by atoms with Gasteiger partial charge in [0.15, 0.2) is 0 Å². The SMILES string of the molecule is C=Cc1ccc(NC=Cc2ccccc2)cc1. The maximum Gasteiger partial charge on any atom is 0.0380 e. The molecule has 0 saturated carbocycles. The summed E-state index contributed by atoms with van der Waals surface area (Å²) in [5.74, 6) is 0. The summed E-state index contributed by atoms with van der Waals surface area (Å²) in [5.41, 5.74) is 3.38. The third-order valence-corrected chi connectivity index (χ3v) is 2.47. The van der Waals surface area contributed by atoms with E-state index in [1.54, 1.807) is 0 Å². The van der Waals surface area contributed by atoms with Gasteiger partial charge in [0, 0.05) is 11.9 Å². The van der Waals surface area contributed by atoms with Gasteiger partial charge in [-0.15, -0.1) is 0 Å². The second-order valence-electron chi connectivity index (χ2n) is 3.71. The van der Waals surface area contributed by atoms with Crippen LogP contribution in [0.4, 0.5) is 5.69 Å². The van der Waals surface area contributed by atoms with Crippen LogP contribution < -0.4 is 5.32 Å². The van der Waals surface area contributed by atoms with E-state index < -0.39 is 0 Å². The molecule has 2 aromatic carbocycles. The van der Waals surface area contributed by atoms with Crippen molar-refractivity contribution in [2.45, 2.75) is 0 Å². The lowest BCUT2D eigenvalue weighted by Crippen LogP contribution is -1.86. The largest absolute Gasteiger partial charge is 0.362 e. The Bertz CT molecular complexity index is 495. The molecule has 2 aromatic rings. The number of nitrogens with one attached hydrogen (secondary N) is 1. The minimum absolute atomic E-state index is 1.07. The zero-order valence-electron chi connectivity index (χ0n) is 9.64. The highest BCUT2D eigenvalue weighted by atomic mass is 14.8. The minimum Gasteiger partial charge on any atom is -0.362 e. The summed E-state index contributed by atoms with van der Waals surface area (Å²) >= 11 is 0. The number of benzene rings is 2. The average Bonchev–Trinajstić information content (AvgIpc) is 2.41. The van der Waals surface area contributed by atoms with Gasteiger partial charge in [-0.25, -0.2) is 0 Å². The van der Waals surface area contributed by atoms with E-state index in [2.05, 4.69) is 24.0 Å². The van der Waals surface area contributed by atoms with Crippen LogP contribution in [0, 0.1) is 0 Å². The smallest absolute Gasteiger partial charge is 0.0380 e. The molecule has 0 heterocycles. The lowest BCUT2D eigenvalue weighted by Gasteiger charge is -2.01. The molecular formula is C16H15N. The highest BCUT2D eigenvalue weighted by molar-refractivity contribution is 5.57. The fourth-order valence-electron chi connectivity index (χ4n) is 1.51. The molecule has 0 aromatic heterocycles. The lowest BCUT2D eigenvalue weighted by atomic mass is 10.2. The molecule has 0 atom stereocenters. The summed E-state index contributed by atoms with van der Waals surface area (Å²) in [6.45, 7) is 3.73. The van der Waals surface area contributed by atoms with E-state index in [-0.39, 0.29) is 0 Å². The standard InChI is InChI=1S/C16H15N/c1-2-14-8-10-16(11-9-14)17-13-12-15-6-4-3-5-7-15/h2-13,17H,1H2. The molecule has 0 aliphatic heterocycles. The Kier molecular flexibility index (Phi) is 3.77. The number of hydrogen-bond acceptors (Lipinski definition) is 1. The zero-order valence-corrected chi connectivity index (χ0v) is 9.64. The molecule has 1 N–H and O–H groups in total. The van der Waals surface area contributed by atoms with E-state index in [0.29, 0.717) is 0 Å². The Balaban J connectivity index is 1.97. The molecule has 0 aliphatic carbocycles. The van der Waals surface area contributed by atoms with Gasteiger partial charge in [0.1, 0.15) is 0 Å². The number of rotatable bonds is 4. The van der Waals surface area contributed by atoms with Crippen molar-refractivity contribution in [2.75, 3.05) is 5.32 Å². The Morgan fingerprint density at radius 2 is 1.53 bits per heavy atom. The van der Waals surface area contributed by atoms with Crippen molar-refractivity contribution in [1.29, 1.82) is 0 Å². The monoisotopic (exact) mass is 221 g/mol. The van der Waals surface area contributed by atoms with E-state index >= 15 is 0 Å². The molecule has 0 spiro atoms. The fraction of sp³-hybridized carbons (Fsp3) is 0. The number of anilines is 1. The van der Waals surface area contributed by atoms with Crippen molar-refractivity contribution in [3.05, 3.63) is 78.5 Å². The van der Waals surface area contributed by atoms with E-state index in [9.17, 15) is 0 Å². The maximum atomic E-state index is 3.73.